The zero-order valence-electron chi connectivity index (χ0n) is 11.9. The SMILES string of the molecule is CC(C)(C)OC(=O)n1ccc(OCc2ccccc2)n1. The Morgan fingerprint density at radius 2 is 1.90 bits per heavy atom. The van der Waals surface area contributed by atoms with E-state index in [0.29, 0.717) is 12.5 Å². The fourth-order valence-electron chi connectivity index (χ4n) is 1.53. The number of carbonyl (C=O) groups is 1. The summed E-state index contributed by atoms with van der Waals surface area (Å²) in [6.45, 7) is 5.83. The van der Waals surface area contributed by atoms with Crippen molar-refractivity contribution in [3.63, 3.8) is 0 Å². The van der Waals surface area contributed by atoms with Crippen molar-refractivity contribution < 1.29 is 14.3 Å². The van der Waals surface area contributed by atoms with Gasteiger partial charge in [-0.3, -0.25) is 0 Å². The van der Waals surface area contributed by atoms with E-state index in [4.69, 9.17) is 9.47 Å². The zero-order valence-corrected chi connectivity index (χ0v) is 11.9. The Labute approximate surface area is 118 Å². The molecule has 2 aromatic rings. The minimum Gasteiger partial charge on any atom is -0.472 e. The molecule has 0 spiro atoms. The number of hydrogen-bond donors (Lipinski definition) is 0. The van der Waals surface area contributed by atoms with Crippen LogP contribution in [0.2, 0.25) is 0 Å². The van der Waals surface area contributed by atoms with E-state index < -0.39 is 11.7 Å². The van der Waals surface area contributed by atoms with Crippen LogP contribution in [-0.4, -0.2) is 21.5 Å². The number of carbonyl (C=O) groups excluding carboxylic acids is 1. The summed E-state index contributed by atoms with van der Waals surface area (Å²) in [4.78, 5) is 11.8. The van der Waals surface area contributed by atoms with Gasteiger partial charge in [0.15, 0.2) is 0 Å². The van der Waals surface area contributed by atoms with Gasteiger partial charge in [0.05, 0.1) is 0 Å². The molecule has 0 bridgehead atoms. The number of rotatable bonds is 3. The Hall–Kier alpha value is -2.30. The average molecular weight is 274 g/mol. The molecule has 2 rings (SSSR count). The third-order valence-electron chi connectivity index (χ3n) is 2.37. The molecule has 5 heteroatoms. The van der Waals surface area contributed by atoms with Crippen molar-refractivity contribution in [3.8, 4) is 5.88 Å². The van der Waals surface area contributed by atoms with Gasteiger partial charge in [0.2, 0.25) is 5.88 Å². The monoisotopic (exact) mass is 274 g/mol. The first-order valence-electron chi connectivity index (χ1n) is 6.40. The second-order valence-electron chi connectivity index (χ2n) is 5.35. The molecule has 1 aromatic heterocycles. The largest absolute Gasteiger partial charge is 0.472 e. The summed E-state index contributed by atoms with van der Waals surface area (Å²) in [6.07, 6.45) is 1.00. The number of nitrogens with zero attached hydrogens (tertiary/aromatic N) is 2. The van der Waals surface area contributed by atoms with Crippen LogP contribution in [0, 0.1) is 0 Å². The van der Waals surface area contributed by atoms with E-state index in [2.05, 4.69) is 5.10 Å². The van der Waals surface area contributed by atoms with Crippen LogP contribution in [-0.2, 0) is 11.3 Å². The van der Waals surface area contributed by atoms with E-state index in [1.807, 2.05) is 30.3 Å². The fourth-order valence-corrected chi connectivity index (χ4v) is 1.53. The van der Waals surface area contributed by atoms with Crippen molar-refractivity contribution >= 4 is 6.09 Å². The minimum absolute atomic E-state index is 0.389. The van der Waals surface area contributed by atoms with Gasteiger partial charge in [-0.25, -0.2) is 4.79 Å². The van der Waals surface area contributed by atoms with E-state index in [0.717, 1.165) is 10.2 Å². The van der Waals surface area contributed by atoms with Crippen molar-refractivity contribution in [2.24, 2.45) is 0 Å². The van der Waals surface area contributed by atoms with Gasteiger partial charge in [-0.05, 0) is 26.3 Å². The molecule has 0 amide bonds. The van der Waals surface area contributed by atoms with Crippen LogP contribution < -0.4 is 4.74 Å². The first-order chi connectivity index (χ1) is 9.44. The lowest BCUT2D eigenvalue weighted by Crippen LogP contribution is -2.27. The van der Waals surface area contributed by atoms with Crippen LogP contribution in [0.3, 0.4) is 0 Å². The van der Waals surface area contributed by atoms with Gasteiger partial charge in [0.1, 0.15) is 12.2 Å². The molecule has 0 aliphatic carbocycles. The van der Waals surface area contributed by atoms with Crippen molar-refractivity contribution in [3.05, 3.63) is 48.2 Å². The van der Waals surface area contributed by atoms with Crippen molar-refractivity contribution in [1.82, 2.24) is 9.78 Å². The minimum atomic E-state index is -0.548. The predicted octanol–water partition coefficient (Wildman–Crippen LogP) is 3.25. The summed E-state index contributed by atoms with van der Waals surface area (Å²) in [6, 6.07) is 11.4. The Balaban J connectivity index is 1.94. The lowest BCUT2D eigenvalue weighted by molar-refractivity contribution is 0.0511. The Kier molecular flexibility index (Phi) is 4.08. The van der Waals surface area contributed by atoms with Crippen molar-refractivity contribution in [1.29, 1.82) is 0 Å². The predicted molar refractivity (Wildman–Crippen MR) is 74.6 cm³/mol. The quantitative estimate of drug-likeness (QED) is 0.862. The highest BCUT2D eigenvalue weighted by Crippen LogP contribution is 2.12. The number of hydrogen-bond acceptors (Lipinski definition) is 4. The van der Waals surface area contributed by atoms with E-state index in [-0.39, 0.29) is 0 Å². The topological polar surface area (TPSA) is 53.4 Å². The van der Waals surface area contributed by atoms with E-state index >= 15 is 0 Å². The summed E-state index contributed by atoms with van der Waals surface area (Å²) < 4.78 is 11.8. The highest BCUT2D eigenvalue weighted by molar-refractivity contribution is 5.69. The van der Waals surface area contributed by atoms with Crippen LogP contribution in [0.4, 0.5) is 4.79 Å². The summed E-state index contributed by atoms with van der Waals surface area (Å²) in [5, 5.41) is 4.03. The molecule has 0 saturated heterocycles. The van der Waals surface area contributed by atoms with E-state index in [1.165, 1.54) is 6.20 Å². The molecule has 106 valence electrons. The molecule has 0 N–H and O–H groups in total. The molecular weight excluding hydrogens is 256 g/mol. The average Bonchev–Trinajstić information content (AvgIpc) is 2.84. The summed E-state index contributed by atoms with van der Waals surface area (Å²) in [5.41, 5.74) is 0.494. The lowest BCUT2D eigenvalue weighted by Gasteiger charge is -2.18. The van der Waals surface area contributed by atoms with Gasteiger partial charge in [-0.2, -0.15) is 4.68 Å². The Bertz CT molecular complexity index is 570. The van der Waals surface area contributed by atoms with Crippen LogP contribution in [0.25, 0.3) is 0 Å². The number of ether oxygens (including phenoxy) is 2. The molecule has 0 aliphatic rings. The van der Waals surface area contributed by atoms with Crippen LogP contribution in [0.15, 0.2) is 42.6 Å². The van der Waals surface area contributed by atoms with Gasteiger partial charge in [-0.15, -0.1) is 5.10 Å². The molecular formula is C15H18N2O3. The maximum absolute atomic E-state index is 11.8. The second-order valence-corrected chi connectivity index (χ2v) is 5.35. The molecule has 0 fully saturated rings. The molecule has 1 heterocycles. The van der Waals surface area contributed by atoms with Gasteiger partial charge in [0.25, 0.3) is 0 Å². The summed E-state index contributed by atoms with van der Waals surface area (Å²) in [5.74, 6) is 0.389. The molecule has 0 atom stereocenters. The molecule has 5 nitrogen and oxygen atoms in total. The molecule has 0 aliphatic heterocycles. The van der Waals surface area contributed by atoms with Crippen LogP contribution >= 0.6 is 0 Å². The van der Waals surface area contributed by atoms with E-state index in [1.54, 1.807) is 26.8 Å². The fraction of sp³-hybridized carbons (Fsp3) is 0.333. The highest BCUT2D eigenvalue weighted by atomic mass is 16.6. The smallest absolute Gasteiger partial charge is 0.435 e. The summed E-state index contributed by atoms with van der Waals surface area (Å²) >= 11 is 0. The van der Waals surface area contributed by atoms with Gasteiger partial charge in [0, 0.05) is 12.3 Å². The molecule has 0 unspecified atom stereocenters. The zero-order chi connectivity index (χ0) is 14.6. The lowest BCUT2D eigenvalue weighted by atomic mass is 10.2. The van der Waals surface area contributed by atoms with Crippen LogP contribution in [0.5, 0.6) is 5.88 Å². The maximum atomic E-state index is 11.8. The van der Waals surface area contributed by atoms with Gasteiger partial charge >= 0.3 is 6.09 Å². The van der Waals surface area contributed by atoms with Gasteiger partial charge < -0.3 is 9.47 Å². The Morgan fingerprint density at radius 3 is 2.55 bits per heavy atom. The summed E-state index contributed by atoms with van der Waals surface area (Å²) in [7, 11) is 0. The third-order valence-corrected chi connectivity index (χ3v) is 2.37. The standard InChI is InChI=1S/C15H18N2O3/c1-15(2,3)20-14(18)17-10-9-13(16-17)19-11-12-7-5-4-6-8-12/h4-10H,11H2,1-3H3. The number of aromatic nitrogens is 2. The van der Waals surface area contributed by atoms with E-state index in [9.17, 15) is 4.79 Å². The molecule has 1 aromatic carbocycles. The second kappa shape index (κ2) is 5.77. The normalized spacial score (nSPS) is 11.2. The first-order valence-corrected chi connectivity index (χ1v) is 6.40. The molecule has 0 radical (unpaired) electrons. The first kappa shape index (κ1) is 14.1. The Morgan fingerprint density at radius 1 is 1.20 bits per heavy atom. The van der Waals surface area contributed by atoms with Crippen LogP contribution in [0.1, 0.15) is 26.3 Å². The molecule has 0 saturated carbocycles. The number of benzene rings is 1. The third kappa shape index (κ3) is 4.12. The van der Waals surface area contributed by atoms with Gasteiger partial charge in [-0.1, -0.05) is 30.3 Å². The van der Waals surface area contributed by atoms with Crippen molar-refractivity contribution in [2.45, 2.75) is 33.0 Å². The maximum Gasteiger partial charge on any atom is 0.435 e. The highest BCUT2D eigenvalue weighted by Gasteiger charge is 2.18. The van der Waals surface area contributed by atoms with Crippen molar-refractivity contribution in [2.75, 3.05) is 0 Å². The molecule has 20 heavy (non-hydrogen) atoms.